The molecule has 2 aromatic rings. The molecule has 7 nitrogen and oxygen atoms in total. The summed E-state index contributed by atoms with van der Waals surface area (Å²) >= 11 is 0. The minimum atomic E-state index is -1.44. The van der Waals surface area contributed by atoms with Crippen molar-refractivity contribution in [3.63, 3.8) is 0 Å². The van der Waals surface area contributed by atoms with Crippen LogP contribution in [0.4, 0.5) is 15.8 Å². The minimum absolute atomic E-state index is 0.263. The van der Waals surface area contributed by atoms with Gasteiger partial charge in [0.1, 0.15) is 11.2 Å². The van der Waals surface area contributed by atoms with Crippen LogP contribution in [0.2, 0.25) is 0 Å². The van der Waals surface area contributed by atoms with Crippen LogP contribution in [0.3, 0.4) is 0 Å². The van der Waals surface area contributed by atoms with Crippen LogP contribution in [0.25, 0.3) is 0 Å². The zero-order valence-electron chi connectivity index (χ0n) is 16.4. The normalized spacial score (nSPS) is 10.8. The lowest BCUT2D eigenvalue weighted by Crippen LogP contribution is -2.41. The molecule has 0 bridgehead atoms. The Balaban J connectivity index is 2.21. The summed E-state index contributed by atoms with van der Waals surface area (Å²) in [4.78, 5) is 25.3. The first kappa shape index (κ1) is 21.0. The second-order valence-corrected chi connectivity index (χ2v) is 6.46. The summed E-state index contributed by atoms with van der Waals surface area (Å²) in [5.74, 6) is -0.527. The highest BCUT2D eigenvalue weighted by molar-refractivity contribution is 6.14. The fourth-order valence-electron chi connectivity index (χ4n) is 2.40. The molecule has 0 saturated heterocycles. The molecule has 2 aromatic carbocycles. The van der Waals surface area contributed by atoms with Gasteiger partial charge in [0.2, 0.25) is 17.6 Å². The van der Waals surface area contributed by atoms with Crippen molar-refractivity contribution in [2.45, 2.75) is 13.8 Å². The van der Waals surface area contributed by atoms with Gasteiger partial charge in [-0.2, -0.15) is 0 Å². The van der Waals surface area contributed by atoms with Crippen LogP contribution in [0, 0.1) is 11.2 Å². The average molecular weight is 390 g/mol. The van der Waals surface area contributed by atoms with Crippen molar-refractivity contribution < 1.29 is 28.2 Å². The molecule has 0 radical (unpaired) electrons. The van der Waals surface area contributed by atoms with Crippen molar-refractivity contribution in [3.05, 3.63) is 42.2 Å². The average Bonchev–Trinajstić information content (AvgIpc) is 2.66. The highest BCUT2D eigenvalue weighted by Gasteiger charge is 2.36. The molecular formula is C20H23FN2O5. The number of carbonyl (C=O) groups excluding carboxylic acids is 2. The number of nitrogens with one attached hydrogen (secondary N) is 2. The van der Waals surface area contributed by atoms with Gasteiger partial charge in [-0.15, -0.1) is 0 Å². The number of anilines is 2. The van der Waals surface area contributed by atoms with Gasteiger partial charge in [0.05, 0.1) is 21.3 Å². The SMILES string of the molecule is COc1cc(NC(=O)C(C)(C)C(=O)Nc2cccc(F)c2)cc(OC)c1OC. The Hall–Kier alpha value is -3.29. The fourth-order valence-corrected chi connectivity index (χ4v) is 2.40. The lowest BCUT2D eigenvalue weighted by molar-refractivity contribution is -0.135. The number of carbonyl (C=O) groups is 2. The van der Waals surface area contributed by atoms with E-state index < -0.39 is 23.0 Å². The van der Waals surface area contributed by atoms with Gasteiger partial charge < -0.3 is 24.8 Å². The number of methoxy groups -OCH3 is 3. The summed E-state index contributed by atoms with van der Waals surface area (Å²) in [6, 6.07) is 8.55. The molecular weight excluding hydrogens is 367 g/mol. The molecule has 150 valence electrons. The molecule has 0 atom stereocenters. The van der Waals surface area contributed by atoms with Crippen LogP contribution in [-0.4, -0.2) is 33.1 Å². The molecule has 8 heteroatoms. The fraction of sp³-hybridized carbons (Fsp3) is 0.300. The lowest BCUT2D eigenvalue weighted by atomic mass is 9.90. The monoisotopic (exact) mass is 390 g/mol. The number of halogens is 1. The molecule has 0 fully saturated rings. The molecule has 0 unspecified atom stereocenters. The van der Waals surface area contributed by atoms with E-state index in [0.29, 0.717) is 22.9 Å². The first-order valence-corrected chi connectivity index (χ1v) is 8.41. The van der Waals surface area contributed by atoms with Gasteiger partial charge in [-0.05, 0) is 32.0 Å². The molecule has 28 heavy (non-hydrogen) atoms. The second kappa shape index (κ2) is 8.60. The Morgan fingerprint density at radius 3 is 1.86 bits per heavy atom. The molecule has 2 N–H and O–H groups in total. The van der Waals surface area contributed by atoms with E-state index in [1.807, 2.05) is 0 Å². The Morgan fingerprint density at radius 1 is 0.857 bits per heavy atom. The van der Waals surface area contributed by atoms with Crippen molar-refractivity contribution in [2.75, 3.05) is 32.0 Å². The van der Waals surface area contributed by atoms with Crippen molar-refractivity contribution in [3.8, 4) is 17.2 Å². The van der Waals surface area contributed by atoms with Gasteiger partial charge in [0.15, 0.2) is 11.5 Å². The summed E-state index contributed by atoms with van der Waals surface area (Å²) in [7, 11) is 4.39. The highest BCUT2D eigenvalue weighted by atomic mass is 19.1. The summed E-state index contributed by atoms with van der Waals surface area (Å²) in [6.45, 7) is 2.93. The molecule has 0 heterocycles. The van der Waals surface area contributed by atoms with E-state index in [4.69, 9.17) is 14.2 Å². The molecule has 0 aliphatic rings. The Morgan fingerprint density at radius 2 is 1.39 bits per heavy atom. The quantitative estimate of drug-likeness (QED) is 0.707. The Labute approximate surface area is 162 Å². The first-order valence-electron chi connectivity index (χ1n) is 8.41. The summed E-state index contributed by atoms with van der Waals surface area (Å²) < 4.78 is 29.0. The highest BCUT2D eigenvalue weighted by Crippen LogP contribution is 2.40. The largest absolute Gasteiger partial charge is 0.493 e. The molecule has 0 aliphatic heterocycles. The summed E-state index contributed by atoms with van der Waals surface area (Å²) in [5, 5.41) is 5.22. The third-order valence-corrected chi connectivity index (χ3v) is 4.14. The van der Waals surface area contributed by atoms with Crippen LogP contribution in [0.5, 0.6) is 17.2 Å². The van der Waals surface area contributed by atoms with Gasteiger partial charge in [0.25, 0.3) is 0 Å². The second-order valence-electron chi connectivity index (χ2n) is 6.46. The first-order chi connectivity index (χ1) is 13.2. The molecule has 0 spiro atoms. The Bertz CT molecular complexity index is 858. The third-order valence-electron chi connectivity index (χ3n) is 4.14. The molecule has 2 amide bonds. The smallest absolute Gasteiger partial charge is 0.239 e. The number of benzene rings is 2. The van der Waals surface area contributed by atoms with Gasteiger partial charge in [0, 0.05) is 23.5 Å². The van der Waals surface area contributed by atoms with Gasteiger partial charge in [-0.25, -0.2) is 4.39 Å². The number of rotatable bonds is 7. The van der Waals surface area contributed by atoms with E-state index in [-0.39, 0.29) is 5.69 Å². The zero-order valence-corrected chi connectivity index (χ0v) is 16.4. The maximum absolute atomic E-state index is 13.3. The van der Waals surface area contributed by atoms with E-state index in [1.54, 1.807) is 12.1 Å². The van der Waals surface area contributed by atoms with Crippen molar-refractivity contribution >= 4 is 23.2 Å². The van der Waals surface area contributed by atoms with Gasteiger partial charge in [-0.1, -0.05) is 6.07 Å². The molecule has 2 rings (SSSR count). The van der Waals surface area contributed by atoms with E-state index in [1.165, 1.54) is 59.4 Å². The number of amides is 2. The van der Waals surface area contributed by atoms with E-state index in [9.17, 15) is 14.0 Å². The minimum Gasteiger partial charge on any atom is -0.493 e. The van der Waals surface area contributed by atoms with Gasteiger partial charge in [-0.3, -0.25) is 9.59 Å². The topological polar surface area (TPSA) is 85.9 Å². The third kappa shape index (κ3) is 4.51. The summed E-state index contributed by atoms with van der Waals surface area (Å²) in [5.41, 5.74) is -0.808. The van der Waals surface area contributed by atoms with Crippen molar-refractivity contribution in [2.24, 2.45) is 5.41 Å². The maximum atomic E-state index is 13.3. The van der Waals surface area contributed by atoms with Gasteiger partial charge >= 0.3 is 0 Å². The standard InChI is InChI=1S/C20H23FN2O5/c1-20(2,18(24)22-13-8-6-7-12(21)9-13)19(25)23-14-10-15(26-3)17(28-5)16(11-14)27-4/h6-11H,1-5H3,(H,22,24)(H,23,25). The summed E-state index contributed by atoms with van der Waals surface area (Å²) in [6.07, 6.45) is 0. The van der Waals surface area contributed by atoms with Crippen LogP contribution in [-0.2, 0) is 9.59 Å². The Kier molecular flexibility index (Phi) is 6.45. The zero-order chi connectivity index (χ0) is 20.9. The predicted octanol–water partition coefficient (Wildman–Crippen LogP) is 3.45. The van der Waals surface area contributed by atoms with Crippen molar-refractivity contribution in [1.82, 2.24) is 0 Å². The maximum Gasteiger partial charge on any atom is 0.239 e. The van der Waals surface area contributed by atoms with E-state index in [2.05, 4.69) is 10.6 Å². The van der Waals surface area contributed by atoms with Crippen LogP contribution >= 0.6 is 0 Å². The van der Waals surface area contributed by atoms with Crippen LogP contribution in [0.1, 0.15) is 13.8 Å². The number of ether oxygens (including phenoxy) is 3. The van der Waals surface area contributed by atoms with Crippen molar-refractivity contribution in [1.29, 1.82) is 0 Å². The predicted molar refractivity (Wildman–Crippen MR) is 104 cm³/mol. The number of hydrogen-bond donors (Lipinski definition) is 2. The lowest BCUT2D eigenvalue weighted by Gasteiger charge is -2.23. The molecule has 0 saturated carbocycles. The van der Waals surface area contributed by atoms with Crippen LogP contribution in [0.15, 0.2) is 36.4 Å². The van der Waals surface area contributed by atoms with E-state index in [0.717, 1.165) is 0 Å². The molecule has 0 aliphatic carbocycles. The molecule has 0 aromatic heterocycles. The number of hydrogen-bond acceptors (Lipinski definition) is 5. The van der Waals surface area contributed by atoms with Crippen LogP contribution < -0.4 is 24.8 Å². The van der Waals surface area contributed by atoms with E-state index >= 15 is 0 Å².